The zero-order valence-electron chi connectivity index (χ0n) is 17.5. The van der Waals surface area contributed by atoms with Gasteiger partial charge in [-0.1, -0.05) is 104 Å². The third-order valence-corrected chi connectivity index (χ3v) is 9.00. The van der Waals surface area contributed by atoms with Gasteiger partial charge in [0.2, 0.25) is 0 Å². The number of oxime groups is 1. The van der Waals surface area contributed by atoms with E-state index in [-0.39, 0.29) is 0 Å². The van der Waals surface area contributed by atoms with E-state index in [0.717, 1.165) is 40.5 Å². The number of hydrogen-bond acceptors (Lipinski definition) is 3. The van der Waals surface area contributed by atoms with E-state index >= 15 is 0 Å². The summed E-state index contributed by atoms with van der Waals surface area (Å²) in [6.45, 7) is 2.17. The van der Waals surface area contributed by atoms with Gasteiger partial charge < -0.3 is 4.53 Å². The van der Waals surface area contributed by atoms with E-state index in [2.05, 4.69) is 85.8 Å². The molecule has 30 heavy (non-hydrogen) atoms. The Kier molecular flexibility index (Phi) is 7.99. The Hall–Kier alpha value is -3.16. The standard InChI is InChI=1S/C26H28N2OSi/c1-2-3-14-23(15-13-22-27)28-29-30(24-16-7-4-8-17-24,25-18-9-5-10-19-25)26-20-11-6-12-21-26/h4-12,16-21H,2-3,13-15H2,1H3. The van der Waals surface area contributed by atoms with Gasteiger partial charge in [-0.05, 0) is 28.4 Å². The largest absolute Gasteiger partial charge is 0.438 e. The number of benzene rings is 3. The molecule has 0 aliphatic heterocycles. The molecule has 0 aliphatic rings. The zero-order valence-corrected chi connectivity index (χ0v) is 18.5. The lowest BCUT2D eigenvalue weighted by Crippen LogP contribution is -2.68. The van der Waals surface area contributed by atoms with Gasteiger partial charge in [0.15, 0.2) is 0 Å². The van der Waals surface area contributed by atoms with Crippen LogP contribution in [0.15, 0.2) is 96.2 Å². The quantitative estimate of drug-likeness (QED) is 0.213. The summed E-state index contributed by atoms with van der Waals surface area (Å²) in [6.07, 6.45) is 4.11. The first-order valence-corrected chi connectivity index (χ1v) is 12.5. The van der Waals surface area contributed by atoms with Crippen LogP contribution in [0.25, 0.3) is 0 Å². The minimum atomic E-state index is -2.84. The Morgan fingerprint density at radius 2 is 1.27 bits per heavy atom. The van der Waals surface area contributed by atoms with Gasteiger partial charge in [0, 0.05) is 12.8 Å². The Balaban J connectivity index is 2.15. The molecule has 4 heteroatoms. The third kappa shape index (κ3) is 5.06. The van der Waals surface area contributed by atoms with Crippen LogP contribution < -0.4 is 15.6 Å². The van der Waals surface area contributed by atoms with Gasteiger partial charge in [-0.2, -0.15) is 5.26 Å². The summed E-state index contributed by atoms with van der Waals surface area (Å²) < 4.78 is 6.66. The van der Waals surface area contributed by atoms with Crippen LogP contribution in [0.5, 0.6) is 0 Å². The van der Waals surface area contributed by atoms with E-state index < -0.39 is 8.32 Å². The third-order valence-electron chi connectivity index (χ3n) is 5.20. The predicted octanol–water partition coefficient (Wildman–Crippen LogP) is 4.52. The van der Waals surface area contributed by atoms with Crippen LogP contribution in [0.3, 0.4) is 0 Å². The molecule has 0 atom stereocenters. The van der Waals surface area contributed by atoms with E-state index in [1.165, 1.54) is 0 Å². The lowest BCUT2D eigenvalue weighted by atomic mass is 10.1. The minimum Gasteiger partial charge on any atom is -0.438 e. The lowest BCUT2D eigenvalue weighted by molar-refractivity contribution is 0.345. The average Bonchev–Trinajstić information content (AvgIpc) is 2.82. The monoisotopic (exact) mass is 412 g/mol. The summed E-state index contributed by atoms with van der Waals surface area (Å²) in [5.41, 5.74) is 0.970. The number of hydrogen-bond donors (Lipinski definition) is 0. The van der Waals surface area contributed by atoms with Crippen molar-refractivity contribution in [2.24, 2.45) is 5.16 Å². The molecule has 0 aliphatic carbocycles. The highest BCUT2D eigenvalue weighted by Crippen LogP contribution is 2.12. The van der Waals surface area contributed by atoms with E-state index in [1.807, 2.05) is 18.2 Å². The Morgan fingerprint density at radius 1 is 0.800 bits per heavy atom. The van der Waals surface area contributed by atoms with Gasteiger partial charge in [-0.15, -0.1) is 5.16 Å². The first kappa shape index (κ1) is 21.5. The average molecular weight is 413 g/mol. The van der Waals surface area contributed by atoms with Crippen LogP contribution in [-0.2, 0) is 4.53 Å². The van der Waals surface area contributed by atoms with Gasteiger partial charge in [0.25, 0.3) is 0 Å². The zero-order chi connectivity index (χ0) is 21.1. The van der Waals surface area contributed by atoms with E-state index in [4.69, 9.17) is 14.9 Å². The van der Waals surface area contributed by atoms with Crippen molar-refractivity contribution in [2.45, 2.75) is 39.0 Å². The molecule has 0 fully saturated rings. The molecule has 0 aromatic heterocycles. The number of unbranched alkanes of at least 4 members (excludes halogenated alkanes) is 1. The first-order valence-electron chi connectivity index (χ1n) is 10.6. The smallest absolute Gasteiger partial charge is 0.380 e. The van der Waals surface area contributed by atoms with E-state index in [0.29, 0.717) is 12.8 Å². The molecule has 0 saturated heterocycles. The van der Waals surface area contributed by atoms with Crippen molar-refractivity contribution >= 4 is 29.6 Å². The Bertz CT molecular complexity index is 870. The second-order valence-corrected chi connectivity index (χ2v) is 10.6. The van der Waals surface area contributed by atoms with Crippen molar-refractivity contribution in [2.75, 3.05) is 0 Å². The molecule has 0 spiro atoms. The fourth-order valence-electron chi connectivity index (χ4n) is 3.61. The number of rotatable bonds is 10. The molecule has 3 aromatic rings. The van der Waals surface area contributed by atoms with Crippen molar-refractivity contribution in [3.05, 3.63) is 91.0 Å². The molecule has 3 rings (SSSR count). The molecule has 0 saturated carbocycles. The summed E-state index contributed by atoms with van der Waals surface area (Å²) in [7, 11) is -2.84. The van der Waals surface area contributed by atoms with Crippen LogP contribution in [0.4, 0.5) is 0 Å². The fraction of sp³-hybridized carbons (Fsp3) is 0.231. The van der Waals surface area contributed by atoms with Crippen molar-refractivity contribution < 1.29 is 4.53 Å². The van der Waals surface area contributed by atoms with E-state index in [1.54, 1.807) is 0 Å². The van der Waals surface area contributed by atoms with Crippen LogP contribution in [0.2, 0.25) is 0 Å². The SMILES string of the molecule is CCCCC(CCC#N)=NO[Si](c1ccccc1)(c1ccccc1)c1ccccc1. The number of nitrogens with zero attached hydrogens (tertiary/aromatic N) is 2. The Morgan fingerprint density at radius 3 is 1.67 bits per heavy atom. The second-order valence-electron chi connectivity index (χ2n) is 7.29. The maximum atomic E-state index is 9.07. The van der Waals surface area contributed by atoms with Crippen LogP contribution in [0.1, 0.15) is 39.0 Å². The Labute approximate surface area is 180 Å². The second kappa shape index (κ2) is 11.1. The maximum absolute atomic E-state index is 9.07. The van der Waals surface area contributed by atoms with Gasteiger partial charge >= 0.3 is 8.32 Å². The predicted molar refractivity (Wildman–Crippen MR) is 127 cm³/mol. The molecular weight excluding hydrogens is 384 g/mol. The van der Waals surface area contributed by atoms with Crippen molar-refractivity contribution in [1.29, 1.82) is 5.26 Å². The molecule has 3 aromatic carbocycles. The van der Waals surface area contributed by atoms with Gasteiger partial charge in [-0.3, -0.25) is 0 Å². The summed E-state index contributed by atoms with van der Waals surface area (Å²) in [5.74, 6) is 0. The summed E-state index contributed by atoms with van der Waals surface area (Å²) in [6, 6.07) is 33.5. The first-order chi connectivity index (χ1) is 14.8. The van der Waals surface area contributed by atoms with E-state index in [9.17, 15) is 0 Å². The summed E-state index contributed by atoms with van der Waals surface area (Å²) >= 11 is 0. The molecule has 0 amide bonds. The highest BCUT2D eigenvalue weighted by atomic mass is 28.4. The molecule has 0 unspecified atom stereocenters. The normalized spacial score (nSPS) is 11.7. The summed E-state index contributed by atoms with van der Waals surface area (Å²) in [5, 5.41) is 17.3. The highest BCUT2D eigenvalue weighted by Gasteiger charge is 2.44. The minimum absolute atomic E-state index is 0.461. The molecule has 3 nitrogen and oxygen atoms in total. The highest BCUT2D eigenvalue weighted by molar-refractivity contribution is 7.07. The van der Waals surface area contributed by atoms with Crippen LogP contribution >= 0.6 is 0 Å². The van der Waals surface area contributed by atoms with Gasteiger partial charge in [0.1, 0.15) is 0 Å². The van der Waals surface area contributed by atoms with Crippen molar-refractivity contribution in [3.8, 4) is 6.07 Å². The van der Waals surface area contributed by atoms with Crippen LogP contribution in [0, 0.1) is 11.3 Å². The topological polar surface area (TPSA) is 45.4 Å². The number of nitriles is 1. The van der Waals surface area contributed by atoms with Crippen molar-refractivity contribution in [3.63, 3.8) is 0 Å². The van der Waals surface area contributed by atoms with Gasteiger partial charge in [0.05, 0.1) is 11.8 Å². The molecule has 152 valence electrons. The lowest BCUT2D eigenvalue weighted by Gasteiger charge is -2.30. The maximum Gasteiger partial charge on any atom is 0.380 e. The fourth-order valence-corrected chi connectivity index (χ4v) is 7.17. The summed E-state index contributed by atoms with van der Waals surface area (Å²) in [4.78, 5) is 0. The molecule has 0 heterocycles. The van der Waals surface area contributed by atoms with Crippen LogP contribution in [-0.4, -0.2) is 14.0 Å². The molecule has 0 bridgehead atoms. The van der Waals surface area contributed by atoms with Crippen molar-refractivity contribution in [1.82, 2.24) is 0 Å². The molecule has 0 N–H and O–H groups in total. The molecular formula is C26H28N2OSi. The van der Waals surface area contributed by atoms with Gasteiger partial charge in [-0.25, -0.2) is 0 Å². The molecule has 0 radical (unpaired) electrons.